The van der Waals surface area contributed by atoms with Gasteiger partial charge in [0.15, 0.2) is 0 Å². The van der Waals surface area contributed by atoms with Gasteiger partial charge >= 0.3 is 0 Å². The number of nitrogens with one attached hydrogen (secondary N) is 1. The maximum atomic E-state index is 4.68. The van der Waals surface area contributed by atoms with Crippen LogP contribution in [0.5, 0.6) is 0 Å². The van der Waals surface area contributed by atoms with E-state index < -0.39 is 0 Å². The van der Waals surface area contributed by atoms with Gasteiger partial charge in [-0.25, -0.2) is 19.9 Å². The second-order valence-corrected chi connectivity index (χ2v) is 5.93. The quantitative estimate of drug-likeness (QED) is 0.935. The summed E-state index contributed by atoms with van der Waals surface area (Å²) in [6, 6.07) is 4.37. The van der Waals surface area contributed by atoms with E-state index in [9.17, 15) is 0 Å². The molecule has 6 heteroatoms. The molecule has 116 valence electrons. The molecule has 0 bridgehead atoms. The normalized spacial score (nSPS) is 16.0. The van der Waals surface area contributed by atoms with Gasteiger partial charge in [-0.15, -0.1) is 0 Å². The first kappa shape index (κ1) is 14.7. The SMILES string of the molecule is CC(C)c1nccc(N2CCC(Nc3ccncn3)CC2)n1. The van der Waals surface area contributed by atoms with E-state index in [-0.39, 0.29) is 0 Å². The van der Waals surface area contributed by atoms with Gasteiger partial charge in [0.2, 0.25) is 0 Å². The maximum Gasteiger partial charge on any atom is 0.133 e. The summed E-state index contributed by atoms with van der Waals surface area (Å²) in [6.07, 6.45) is 7.35. The molecule has 1 aliphatic rings. The lowest BCUT2D eigenvalue weighted by atomic mass is 10.1. The van der Waals surface area contributed by atoms with Crippen LogP contribution >= 0.6 is 0 Å². The van der Waals surface area contributed by atoms with Crippen molar-refractivity contribution in [2.45, 2.75) is 38.6 Å². The molecule has 22 heavy (non-hydrogen) atoms. The number of anilines is 2. The highest BCUT2D eigenvalue weighted by Gasteiger charge is 2.20. The van der Waals surface area contributed by atoms with E-state index in [0.717, 1.165) is 43.4 Å². The zero-order valence-corrected chi connectivity index (χ0v) is 13.1. The van der Waals surface area contributed by atoms with Gasteiger partial charge in [-0.05, 0) is 25.0 Å². The lowest BCUT2D eigenvalue weighted by Gasteiger charge is -2.33. The van der Waals surface area contributed by atoms with Crippen LogP contribution in [0.1, 0.15) is 38.4 Å². The maximum absolute atomic E-state index is 4.68. The third kappa shape index (κ3) is 3.50. The highest BCUT2D eigenvalue weighted by Crippen LogP contribution is 2.21. The summed E-state index contributed by atoms with van der Waals surface area (Å²) in [5.74, 6) is 3.22. The molecule has 2 aromatic rings. The zero-order valence-electron chi connectivity index (χ0n) is 13.1. The molecule has 6 nitrogen and oxygen atoms in total. The van der Waals surface area contributed by atoms with Gasteiger partial charge < -0.3 is 10.2 Å². The molecule has 0 atom stereocenters. The van der Waals surface area contributed by atoms with Crippen molar-refractivity contribution in [2.24, 2.45) is 0 Å². The van der Waals surface area contributed by atoms with Crippen molar-refractivity contribution < 1.29 is 0 Å². The topological polar surface area (TPSA) is 66.8 Å². The molecule has 0 radical (unpaired) electrons. The largest absolute Gasteiger partial charge is 0.367 e. The fourth-order valence-electron chi connectivity index (χ4n) is 2.66. The Bertz CT molecular complexity index is 593. The summed E-state index contributed by atoms with van der Waals surface area (Å²) >= 11 is 0. The molecule has 0 unspecified atom stereocenters. The monoisotopic (exact) mass is 298 g/mol. The lowest BCUT2D eigenvalue weighted by molar-refractivity contribution is 0.521. The molecule has 0 amide bonds. The Hall–Kier alpha value is -2.24. The Balaban J connectivity index is 1.58. The summed E-state index contributed by atoms with van der Waals surface area (Å²) in [5.41, 5.74) is 0. The first-order valence-electron chi connectivity index (χ1n) is 7.83. The first-order valence-corrected chi connectivity index (χ1v) is 7.83. The predicted octanol–water partition coefficient (Wildman–Crippen LogP) is 2.47. The van der Waals surface area contributed by atoms with Crippen LogP contribution in [0, 0.1) is 0 Å². The van der Waals surface area contributed by atoms with E-state index in [1.807, 2.05) is 18.3 Å². The zero-order chi connectivity index (χ0) is 15.4. The van der Waals surface area contributed by atoms with Gasteiger partial charge in [0, 0.05) is 37.4 Å². The number of piperidine rings is 1. The fraction of sp³-hybridized carbons (Fsp3) is 0.500. The van der Waals surface area contributed by atoms with Crippen molar-refractivity contribution >= 4 is 11.6 Å². The summed E-state index contributed by atoms with van der Waals surface area (Å²) in [4.78, 5) is 19.5. The van der Waals surface area contributed by atoms with Gasteiger partial charge in [-0.1, -0.05) is 13.8 Å². The number of hydrogen-bond donors (Lipinski definition) is 1. The summed E-state index contributed by atoms with van der Waals surface area (Å²) in [6.45, 7) is 6.24. The third-order valence-electron chi connectivity index (χ3n) is 3.93. The van der Waals surface area contributed by atoms with Gasteiger partial charge in [-0.3, -0.25) is 0 Å². The van der Waals surface area contributed by atoms with Crippen LogP contribution in [-0.2, 0) is 0 Å². The highest BCUT2D eigenvalue weighted by molar-refractivity contribution is 5.39. The molecule has 1 saturated heterocycles. The highest BCUT2D eigenvalue weighted by atomic mass is 15.2. The molecule has 0 aromatic carbocycles. The van der Waals surface area contributed by atoms with E-state index in [4.69, 9.17) is 0 Å². The van der Waals surface area contributed by atoms with Crippen molar-refractivity contribution in [3.05, 3.63) is 36.7 Å². The van der Waals surface area contributed by atoms with Crippen LogP contribution in [0.25, 0.3) is 0 Å². The van der Waals surface area contributed by atoms with Gasteiger partial charge in [0.05, 0.1) is 0 Å². The molecule has 1 aliphatic heterocycles. The molecule has 0 aliphatic carbocycles. The van der Waals surface area contributed by atoms with Crippen LogP contribution in [0.3, 0.4) is 0 Å². The minimum atomic E-state index is 0.358. The molecular weight excluding hydrogens is 276 g/mol. The van der Waals surface area contributed by atoms with Crippen LogP contribution in [0.2, 0.25) is 0 Å². The Labute approximate surface area is 131 Å². The number of hydrogen-bond acceptors (Lipinski definition) is 6. The Kier molecular flexibility index (Phi) is 4.46. The van der Waals surface area contributed by atoms with E-state index in [2.05, 4.69) is 44.0 Å². The number of rotatable bonds is 4. The fourth-order valence-corrected chi connectivity index (χ4v) is 2.66. The lowest BCUT2D eigenvalue weighted by Crippen LogP contribution is -2.39. The minimum Gasteiger partial charge on any atom is -0.367 e. The Morgan fingerprint density at radius 2 is 1.95 bits per heavy atom. The van der Waals surface area contributed by atoms with Crippen molar-refractivity contribution in [2.75, 3.05) is 23.3 Å². The van der Waals surface area contributed by atoms with Crippen molar-refractivity contribution in [1.29, 1.82) is 0 Å². The minimum absolute atomic E-state index is 0.358. The van der Waals surface area contributed by atoms with Gasteiger partial charge in [-0.2, -0.15) is 0 Å². The van der Waals surface area contributed by atoms with Crippen LogP contribution in [0.15, 0.2) is 30.9 Å². The first-order chi connectivity index (χ1) is 10.7. The smallest absolute Gasteiger partial charge is 0.133 e. The van der Waals surface area contributed by atoms with Crippen molar-refractivity contribution in [3.8, 4) is 0 Å². The van der Waals surface area contributed by atoms with Crippen LogP contribution in [-0.4, -0.2) is 39.1 Å². The molecule has 1 fully saturated rings. The molecule has 2 aromatic heterocycles. The van der Waals surface area contributed by atoms with Crippen LogP contribution < -0.4 is 10.2 Å². The molecule has 3 rings (SSSR count). The summed E-state index contributed by atoms with van der Waals surface area (Å²) < 4.78 is 0. The number of nitrogens with zero attached hydrogens (tertiary/aromatic N) is 5. The second kappa shape index (κ2) is 6.68. The van der Waals surface area contributed by atoms with E-state index in [1.54, 1.807) is 12.5 Å². The molecule has 0 spiro atoms. The summed E-state index contributed by atoms with van der Waals surface area (Å²) in [5, 5.41) is 3.47. The molecular formula is C16H22N6. The average Bonchev–Trinajstić information content (AvgIpc) is 2.56. The average molecular weight is 298 g/mol. The van der Waals surface area contributed by atoms with E-state index >= 15 is 0 Å². The van der Waals surface area contributed by atoms with Gasteiger partial charge in [0.25, 0.3) is 0 Å². The molecule has 3 heterocycles. The summed E-state index contributed by atoms with van der Waals surface area (Å²) in [7, 11) is 0. The van der Waals surface area contributed by atoms with Gasteiger partial charge in [0.1, 0.15) is 23.8 Å². The molecule has 1 N–H and O–H groups in total. The van der Waals surface area contributed by atoms with E-state index in [0.29, 0.717) is 12.0 Å². The van der Waals surface area contributed by atoms with Crippen LogP contribution in [0.4, 0.5) is 11.6 Å². The number of aromatic nitrogens is 4. The Morgan fingerprint density at radius 3 is 2.64 bits per heavy atom. The third-order valence-corrected chi connectivity index (χ3v) is 3.93. The second-order valence-electron chi connectivity index (χ2n) is 5.93. The standard InChI is InChI=1S/C16H22N6/c1-12(2)16-18-8-4-15(21-16)22-9-5-13(6-10-22)20-14-3-7-17-11-19-14/h3-4,7-8,11-13H,5-6,9-10H2,1-2H3,(H,17,19,20). The van der Waals surface area contributed by atoms with E-state index in [1.165, 1.54) is 0 Å². The van der Waals surface area contributed by atoms with Crippen molar-refractivity contribution in [1.82, 2.24) is 19.9 Å². The van der Waals surface area contributed by atoms with Crippen molar-refractivity contribution in [3.63, 3.8) is 0 Å². The predicted molar refractivity (Wildman–Crippen MR) is 87.0 cm³/mol. The Morgan fingerprint density at radius 1 is 1.14 bits per heavy atom. The molecule has 0 saturated carbocycles.